The van der Waals surface area contributed by atoms with Crippen molar-refractivity contribution in [3.8, 4) is 5.75 Å². The van der Waals surface area contributed by atoms with Gasteiger partial charge in [-0.15, -0.1) is 0 Å². The minimum atomic E-state index is -5.11. The first kappa shape index (κ1) is 29.8. The van der Waals surface area contributed by atoms with E-state index < -0.39 is 41.0 Å². The van der Waals surface area contributed by atoms with Gasteiger partial charge < -0.3 is 10.1 Å². The summed E-state index contributed by atoms with van der Waals surface area (Å²) in [5.74, 6) is -0.791. The topological polar surface area (TPSA) is 96.8 Å². The lowest BCUT2D eigenvalue weighted by atomic mass is 10.0. The Labute approximate surface area is 233 Å². The van der Waals surface area contributed by atoms with Gasteiger partial charge in [0.1, 0.15) is 16.5 Å². The standard InChI is InChI=1S/C26H21F6N5O3S/c1-14(35-23(39)16-9-17(25(27,28)29)11-18(10-16)26(30,31)32)21-22(34-8-7-33-21)24-36-37(20(38)13-41-24)12-15-3-5-19(40-2)6-4-15/h3-11,14H,12-13H2,1-2H3,(H,35,39). The number of benzene rings is 2. The van der Waals surface area contributed by atoms with Crippen LogP contribution in [-0.2, 0) is 23.7 Å². The van der Waals surface area contributed by atoms with Crippen LogP contribution in [0.3, 0.4) is 0 Å². The van der Waals surface area contributed by atoms with Gasteiger partial charge in [-0.2, -0.15) is 31.4 Å². The van der Waals surface area contributed by atoms with Crippen molar-refractivity contribution in [1.82, 2.24) is 20.3 Å². The molecule has 2 aromatic carbocycles. The van der Waals surface area contributed by atoms with E-state index in [4.69, 9.17) is 4.74 Å². The lowest BCUT2D eigenvalue weighted by molar-refractivity contribution is -0.143. The molecule has 1 atom stereocenters. The van der Waals surface area contributed by atoms with E-state index in [9.17, 15) is 35.9 Å². The van der Waals surface area contributed by atoms with Crippen LogP contribution in [0.25, 0.3) is 0 Å². The second kappa shape index (κ2) is 11.8. The molecule has 2 heterocycles. The zero-order chi connectivity index (χ0) is 29.9. The van der Waals surface area contributed by atoms with Crippen LogP contribution >= 0.6 is 11.8 Å². The van der Waals surface area contributed by atoms with E-state index in [-0.39, 0.29) is 35.7 Å². The molecule has 216 valence electrons. The highest BCUT2D eigenvalue weighted by Crippen LogP contribution is 2.36. The van der Waals surface area contributed by atoms with Gasteiger partial charge in [0.15, 0.2) is 0 Å². The van der Waals surface area contributed by atoms with Gasteiger partial charge in [0.25, 0.3) is 11.8 Å². The number of thioether (sulfide) groups is 1. The van der Waals surface area contributed by atoms with Gasteiger partial charge in [-0.1, -0.05) is 23.9 Å². The van der Waals surface area contributed by atoms with E-state index >= 15 is 0 Å². The Morgan fingerprint density at radius 3 is 2.22 bits per heavy atom. The Bertz CT molecular complexity index is 1450. The number of methoxy groups -OCH3 is 1. The van der Waals surface area contributed by atoms with Crippen LogP contribution in [0, 0.1) is 0 Å². The largest absolute Gasteiger partial charge is 0.497 e. The molecule has 4 rings (SSSR count). The Kier molecular flexibility index (Phi) is 8.56. The normalized spacial score (nSPS) is 14.9. The molecule has 1 N–H and O–H groups in total. The fraction of sp³-hybridized carbons (Fsp3) is 0.269. The van der Waals surface area contributed by atoms with Crippen LogP contribution in [0.15, 0.2) is 60.0 Å². The summed E-state index contributed by atoms with van der Waals surface area (Å²) in [4.78, 5) is 33.8. The summed E-state index contributed by atoms with van der Waals surface area (Å²) in [7, 11) is 1.53. The van der Waals surface area contributed by atoms with Gasteiger partial charge in [0.05, 0.1) is 42.3 Å². The van der Waals surface area contributed by atoms with Crippen molar-refractivity contribution in [3.05, 3.63) is 88.5 Å². The summed E-state index contributed by atoms with van der Waals surface area (Å²) in [5.41, 5.74) is -2.94. The quantitative estimate of drug-likeness (QED) is 0.364. The maximum absolute atomic E-state index is 13.3. The molecule has 1 aliphatic heterocycles. The van der Waals surface area contributed by atoms with Crippen LogP contribution < -0.4 is 10.1 Å². The smallest absolute Gasteiger partial charge is 0.416 e. The monoisotopic (exact) mass is 597 g/mol. The summed E-state index contributed by atoms with van der Waals surface area (Å²) in [6, 6.07) is 6.63. The summed E-state index contributed by atoms with van der Waals surface area (Å²) >= 11 is 1.07. The maximum Gasteiger partial charge on any atom is 0.416 e. The number of hydrogen-bond acceptors (Lipinski definition) is 7. The average molecular weight is 598 g/mol. The minimum Gasteiger partial charge on any atom is -0.497 e. The number of aromatic nitrogens is 2. The number of amides is 2. The lowest BCUT2D eigenvalue weighted by Gasteiger charge is -2.24. The Balaban J connectivity index is 1.60. The molecule has 0 saturated carbocycles. The number of carbonyl (C=O) groups is 2. The third-order valence-corrected chi connectivity index (χ3v) is 6.80. The van der Waals surface area contributed by atoms with Crippen LogP contribution in [-0.4, -0.2) is 44.7 Å². The van der Waals surface area contributed by atoms with Gasteiger partial charge in [0, 0.05) is 18.0 Å². The second-order valence-electron chi connectivity index (χ2n) is 8.77. The first-order chi connectivity index (χ1) is 19.3. The van der Waals surface area contributed by atoms with Crippen LogP contribution in [0.4, 0.5) is 26.3 Å². The highest BCUT2D eigenvalue weighted by molar-refractivity contribution is 8.15. The number of carbonyl (C=O) groups excluding carboxylic acids is 2. The molecule has 0 aliphatic carbocycles. The number of halogens is 6. The van der Waals surface area contributed by atoms with Crippen molar-refractivity contribution >= 4 is 28.6 Å². The van der Waals surface area contributed by atoms with Crippen molar-refractivity contribution in [2.24, 2.45) is 5.10 Å². The zero-order valence-electron chi connectivity index (χ0n) is 21.4. The van der Waals surface area contributed by atoms with Crippen LogP contribution in [0.2, 0.25) is 0 Å². The molecular weight excluding hydrogens is 576 g/mol. The van der Waals surface area contributed by atoms with E-state index in [1.54, 1.807) is 24.3 Å². The summed E-state index contributed by atoms with van der Waals surface area (Å²) in [6.45, 7) is 1.59. The summed E-state index contributed by atoms with van der Waals surface area (Å²) in [5, 5.41) is 8.32. The number of nitrogens with zero attached hydrogens (tertiary/aromatic N) is 4. The number of nitrogens with one attached hydrogen (secondary N) is 1. The van der Waals surface area contributed by atoms with Crippen LogP contribution in [0.1, 0.15) is 51.4 Å². The second-order valence-corrected chi connectivity index (χ2v) is 9.74. The molecule has 0 spiro atoms. The number of hydrogen-bond donors (Lipinski definition) is 1. The molecule has 41 heavy (non-hydrogen) atoms. The van der Waals surface area contributed by atoms with E-state index in [1.807, 2.05) is 0 Å². The first-order valence-electron chi connectivity index (χ1n) is 11.8. The van der Waals surface area contributed by atoms with Gasteiger partial charge in [-0.05, 0) is 42.8 Å². The average Bonchev–Trinajstić information content (AvgIpc) is 2.93. The molecule has 0 bridgehead atoms. The molecule has 1 aliphatic rings. The Morgan fingerprint density at radius 2 is 1.63 bits per heavy atom. The molecule has 3 aromatic rings. The molecule has 2 amide bonds. The molecule has 0 radical (unpaired) electrons. The van der Waals surface area contributed by atoms with E-state index in [0.29, 0.717) is 22.9 Å². The molecule has 8 nitrogen and oxygen atoms in total. The van der Waals surface area contributed by atoms with Crippen molar-refractivity contribution in [2.45, 2.75) is 31.9 Å². The van der Waals surface area contributed by atoms with Crippen molar-refractivity contribution in [1.29, 1.82) is 0 Å². The third-order valence-electron chi connectivity index (χ3n) is 5.86. The minimum absolute atomic E-state index is 0.0240. The highest BCUT2D eigenvalue weighted by atomic mass is 32.2. The SMILES string of the molecule is COc1ccc(CN2N=C(c3nccnc3C(C)NC(=O)c3cc(C(F)(F)F)cc(C(F)(F)F)c3)SCC2=O)cc1. The molecule has 1 unspecified atom stereocenters. The first-order valence-corrected chi connectivity index (χ1v) is 12.8. The molecule has 0 fully saturated rings. The van der Waals surface area contributed by atoms with Crippen LogP contribution in [0.5, 0.6) is 5.75 Å². The van der Waals surface area contributed by atoms with Crippen molar-refractivity contribution in [2.75, 3.05) is 12.9 Å². The van der Waals surface area contributed by atoms with Gasteiger partial charge in [0.2, 0.25) is 0 Å². The van der Waals surface area contributed by atoms with Gasteiger partial charge >= 0.3 is 12.4 Å². The highest BCUT2D eigenvalue weighted by Gasteiger charge is 2.38. The summed E-state index contributed by atoms with van der Waals surface area (Å²) in [6.07, 6.45) is -7.55. The van der Waals surface area contributed by atoms with Crippen molar-refractivity contribution < 1.29 is 40.7 Å². The third kappa shape index (κ3) is 7.14. The number of rotatable bonds is 7. The number of alkyl halides is 6. The zero-order valence-corrected chi connectivity index (χ0v) is 22.2. The van der Waals surface area contributed by atoms with Gasteiger partial charge in [-0.25, -0.2) is 5.01 Å². The maximum atomic E-state index is 13.3. The lowest BCUT2D eigenvalue weighted by Crippen LogP contribution is -2.34. The van der Waals surface area contributed by atoms with Gasteiger partial charge in [-0.3, -0.25) is 19.6 Å². The predicted molar refractivity (Wildman–Crippen MR) is 137 cm³/mol. The molecular formula is C26H21F6N5O3S. The Hall–Kier alpha value is -4.14. The molecule has 15 heteroatoms. The number of hydrazone groups is 1. The number of ether oxygens (including phenoxy) is 1. The summed E-state index contributed by atoms with van der Waals surface area (Å²) < 4.78 is 84.6. The molecule has 1 aromatic heterocycles. The molecule has 0 saturated heterocycles. The van der Waals surface area contributed by atoms with E-state index in [0.717, 1.165) is 17.3 Å². The van der Waals surface area contributed by atoms with E-state index in [1.165, 1.54) is 31.4 Å². The Morgan fingerprint density at radius 1 is 1.02 bits per heavy atom. The fourth-order valence-electron chi connectivity index (χ4n) is 3.81. The van der Waals surface area contributed by atoms with E-state index in [2.05, 4.69) is 20.4 Å². The fourth-order valence-corrected chi connectivity index (χ4v) is 4.67. The predicted octanol–water partition coefficient (Wildman–Crippen LogP) is 5.45. The van der Waals surface area contributed by atoms with Crippen molar-refractivity contribution in [3.63, 3.8) is 0 Å².